The second-order valence-corrected chi connectivity index (χ2v) is 9.81. The van der Waals surface area contributed by atoms with Gasteiger partial charge in [0.15, 0.2) is 0 Å². The zero-order valence-electron chi connectivity index (χ0n) is 18.4. The summed E-state index contributed by atoms with van der Waals surface area (Å²) < 4.78 is 31.5. The van der Waals surface area contributed by atoms with Gasteiger partial charge in [0.25, 0.3) is 12.3 Å². The van der Waals surface area contributed by atoms with E-state index in [9.17, 15) is 18.4 Å². The number of pyridine rings is 1. The van der Waals surface area contributed by atoms with Gasteiger partial charge in [0.2, 0.25) is 5.91 Å². The molecule has 34 heavy (non-hydrogen) atoms. The molecule has 13 heteroatoms. The molecule has 4 aromatic rings. The van der Waals surface area contributed by atoms with Crippen LogP contribution in [-0.4, -0.2) is 36.4 Å². The van der Waals surface area contributed by atoms with Crippen molar-refractivity contribution in [3.05, 3.63) is 44.0 Å². The van der Waals surface area contributed by atoms with Gasteiger partial charge in [-0.3, -0.25) is 19.0 Å². The maximum absolute atomic E-state index is 13.6. The fourth-order valence-corrected chi connectivity index (χ4v) is 5.07. The number of primary amides is 1. The van der Waals surface area contributed by atoms with Crippen molar-refractivity contribution in [3.8, 4) is 11.1 Å². The highest BCUT2D eigenvalue weighted by molar-refractivity contribution is 14.1. The minimum atomic E-state index is -2.82. The molecule has 0 saturated carbocycles. The molecule has 0 spiro atoms. The highest BCUT2D eigenvalue weighted by Gasteiger charge is 2.26. The van der Waals surface area contributed by atoms with Gasteiger partial charge in [-0.25, -0.2) is 13.8 Å². The highest BCUT2D eigenvalue weighted by Crippen LogP contribution is 2.43. The maximum Gasteiger partial charge on any atom is 0.280 e. The number of nitrogens with one attached hydrogen (secondary N) is 1. The van der Waals surface area contributed by atoms with Gasteiger partial charge in [-0.2, -0.15) is 10.2 Å². The maximum atomic E-state index is 13.6. The smallest absolute Gasteiger partial charge is 0.280 e. The fourth-order valence-electron chi connectivity index (χ4n) is 3.66. The zero-order chi connectivity index (χ0) is 24.7. The molecule has 0 aliphatic heterocycles. The van der Waals surface area contributed by atoms with Crippen LogP contribution in [0.2, 0.25) is 0 Å². The van der Waals surface area contributed by atoms with Crippen LogP contribution in [0.3, 0.4) is 0 Å². The number of aryl methyl sites for hydroxylation is 3. The molecule has 4 aromatic heterocycles. The number of fused-ring (bicyclic) bond motifs is 1. The van der Waals surface area contributed by atoms with Gasteiger partial charge in [0, 0.05) is 36.3 Å². The van der Waals surface area contributed by atoms with E-state index < -0.39 is 18.0 Å². The average molecular weight is 599 g/mol. The van der Waals surface area contributed by atoms with Gasteiger partial charge < -0.3 is 11.1 Å². The molecule has 2 amide bonds. The van der Waals surface area contributed by atoms with Gasteiger partial charge in [0.05, 0.1) is 27.7 Å². The summed E-state index contributed by atoms with van der Waals surface area (Å²) in [6.07, 6.45) is 0.657. The van der Waals surface area contributed by atoms with Crippen LogP contribution in [0.1, 0.15) is 39.6 Å². The van der Waals surface area contributed by atoms with Crippen LogP contribution in [0.4, 0.5) is 14.5 Å². The number of anilines is 1. The van der Waals surface area contributed by atoms with Crippen LogP contribution in [0.25, 0.3) is 21.3 Å². The summed E-state index contributed by atoms with van der Waals surface area (Å²) in [5, 5.41) is 11.7. The molecule has 0 fully saturated rings. The molecule has 0 atom stereocenters. The molecule has 0 unspecified atom stereocenters. The summed E-state index contributed by atoms with van der Waals surface area (Å²) in [5.41, 5.74) is 7.81. The van der Waals surface area contributed by atoms with E-state index in [0.29, 0.717) is 28.8 Å². The topological polar surface area (TPSA) is 121 Å². The number of hydrogen-bond donors (Lipinski definition) is 2. The molecule has 4 heterocycles. The van der Waals surface area contributed by atoms with Crippen molar-refractivity contribution >= 4 is 61.6 Å². The van der Waals surface area contributed by atoms with E-state index in [2.05, 4.69) is 43.1 Å². The second-order valence-electron chi connectivity index (χ2n) is 7.65. The summed E-state index contributed by atoms with van der Waals surface area (Å²) >= 11 is 3.03. The number of rotatable bonds is 7. The third-order valence-corrected chi connectivity index (χ3v) is 7.45. The number of amides is 2. The molecule has 0 aliphatic rings. The Bertz CT molecular complexity index is 1430. The van der Waals surface area contributed by atoms with Crippen LogP contribution in [0.15, 0.2) is 18.5 Å². The number of hydrogen-bond acceptors (Lipinski definition) is 6. The van der Waals surface area contributed by atoms with Crippen LogP contribution < -0.4 is 11.1 Å². The Balaban J connectivity index is 1.80. The Morgan fingerprint density at radius 1 is 1.29 bits per heavy atom. The number of thiophene rings is 1. The van der Waals surface area contributed by atoms with Crippen LogP contribution in [-0.2, 0) is 18.4 Å². The molecular weight excluding hydrogens is 579 g/mol. The van der Waals surface area contributed by atoms with Crippen molar-refractivity contribution in [2.24, 2.45) is 12.8 Å². The van der Waals surface area contributed by atoms with Gasteiger partial charge in [0.1, 0.15) is 15.4 Å². The Kier molecular flexibility index (Phi) is 6.66. The van der Waals surface area contributed by atoms with Crippen molar-refractivity contribution < 1.29 is 18.4 Å². The van der Waals surface area contributed by atoms with Crippen molar-refractivity contribution in [3.63, 3.8) is 0 Å². The molecule has 0 saturated heterocycles. The third kappa shape index (κ3) is 4.53. The first-order valence-corrected chi connectivity index (χ1v) is 12.0. The molecule has 0 bridgehead atoms. The number of halogens is 3. The largest absolute Gasteiger partial charge is 0.365 e. The Morgan fingerprint density at radius 3 is 2.59 bits per heavy atom. The van der Waals surface area contributed by atoms with Crippen LogP contribution in [0.5, 0.6) is 0 Å². The molecule has 0 aromatic carbocycles. The molecule has 9 nitrogen and oxygen atoms in total. The van der Waals surface area contributed by atoms with Crippen molar-refractivity contribution in [1.82, 2.24) is 24.5 Å². The van der Waals surface area contributed by atoms with Crippen LogP contribution >= 0.6 is 33.9 Å². The van der Waals surface area contributed by atoms with Crippen molar-refractivity contribution in [2.45, 2.75) is 33.2 Å². The lowest BCUT2D eigenvalue weighted by atomic mass is 10.0. The Hall–Kier alpha value is -2.94. The van der Waals surface area contributed by atoms with Gasteiger partial charge in [-0.05, 0) is 48.1 Å². The van der Waals surface area contributed by atoms with E-state index in [0.717, 1.165) is 20.6 Å². The fraction of sp³-hybridized carbons (Fsp3) is 0.286. The third-order valence-electron chi connectivity index (χ3n) is 5.29. The number of aromatic nitrogens is 5. The Morgan fingerprint density at radius 2 is 2.03 bits per heavy atom. The van der Waals surface area contributed by atoms with Gasteiger partial charge in [-0.1, -0.05) is 0 Å². The van der Waals surface area contributed by atoms with Gasteiger partial charge in [-0.15, -0.1) is 11.3 Å². The minimum absolute atomic E-state index is 0.0369. The molecule has 3 N–H and O–H groups in total. The number of carbonyl (C=O) groups is 2. The standard InChI is InChI=1S/C21H20F2IN7O2S/c1-9-12(8-30(3)29-9)11-6-14(19(22)23)27-21-16(11)17(18(34-21)20(25)33)28-15(32)4-5-31-10(2)13(24)7-26-31/h6-8,19H,4-5H2,1-3H3,(H2,25,33)(H,28,32). The molecule has 0 aliphatic carbocycles. The molecule has 4 rings (SSSR count). The Labute approximate surface area is 210 Å². The normalized spacial score (nSPS) is 11.5. The lowest BCUT2D eigenvalue weighted by Crippen LogP contribution is -2.18. The first-order valence-electron chi connectivity index (χ1n) is 10.1. The predicted molar refractivity (Wildman–Crippen MR) is 133 cm³/mol. The highest BCUT2D eigenvalue weighted by atomic mass is 127. The number of carbonyl (C=O) groups excluding carboxylic acids is 2. The van der Waals surface area contributed by atoms with Crippen molar-refractivity contribution in [2.75, 3.05) is 5.32 Å². The van der Waals surface area contributed by atoms with Crippen molar-refractivity contribution in [1.29, 1.82) is 0 Å². The molecule has 0 radical (unpaired) electrons. The average Bonchev–Trinajstić information content (AvgIpc) is 3.41. The quantitative estimate of drug-likeness (QED) is 0.309. The monoisotopic (exact) mass is 599 g/mol. The lowest BCUT2D eigenvalue weighted by Gasteiger charge is -2.11. The summed E-state index contributed by atoms with van der Waals surface area (Å²) in [5.74, 6) is -1.16. The van der Waals surface area contributed by atoms with Crippen LogP contribution in [0, 0.1) is 17.4 Å². The van der Waals surface area contributed by atoms with E-state index in [1.165, 1.54) is 6.07 Å². The predicted octanol–water partition coefficient (Wildman–Crippen LogP) is 4.18. The number of alkyl halides is 2. The van der Waals surface area contributed by atoms with E-state index in [4.69, 9.17) is 5.73 Å². The second kappa shape index (κ2) is 9.37. The summed E-state index contributed by atoms with van der Waals surface area (Å²) in [4.78, 5) is 29.3. The zero-order valence-corrected chi connectivity index (χ0v) is 21.4. The van der Waals surface area contributed by atoms with E-state index >= 15 is 0 Å². The first-order chi connectivity index (χ1) is 16.1. The number of nitrogens with two attached hydrogens (primary N) is 1. The first kappa shape index (κ1) is 24.2. The molecule has 178 valence electrons. The summed E-state index contributed by atoms with van der Waals surface area (Å²) in [7, 11) is 1.71. The van der Waals surface area contributed by atoms with E-state index in [1.54, 1.807) is 35.7 Å². The van der Waals surface area contributed by atoms with Gasteiger partial charge >= 0.3 is 0 Å². The SMILES string of the molecule is Cc1nn(C)cc1-c1cc(C(F)F)nc2sc(C(N)=O)c(NC(=O)CCn3ncc(I)c3C)c12. The lowest BCUT2D eigenvalue weighted by molar-refractivity contribution is -0.116. The summed E-state index contributed by atoms with van der Waals surface area (Å²) in [6, 6.07) is 1.26. The molecular formula is C21H20F2IN7O2S. The minimum Gasteiger partial charge on any atom is -0.365 e. The number of nitrogens with zero attached hydrogens (tertiary/aromatic N) is 5. The summed E-state index contributed by atoms with van der Waals surface area (Å²) in [6.45, 7) is 3.98. The van der Waals surface area contributed by atoms with E-state index in [-0.39, 0.29) is 27.7 Å². The van der Waals surface area contributed by atoms with E-state index in [1.807, 2.05) is 6.92 Å².